The van der Waals surface area contributed by atoms with Gasteiger partial charge in [-0.05, 0) is 64.7 Å². The highest BCUT2D eigenvalue weighted by atomic mass is 79.9. The van der Waals surface area contributed by atoms with Crippen molar-refractivity contribution in [3.63, 3.8) is 0 Å². The van der Waals surface area contributed by atoms with Gasteiger partial charge in [-0.3, -0.25) is 0 Å². The van der Waals surface area contributed by atoms with Gasteiger partial charge in [0.2, 0.25) is 6.79 Å². The third kappa shape index (κ3) is 2.88. The predicted molar refractivity (Wildman–Crippen MR) is 81.4 cm³/mol. The van der Waals surface area contributed by atoms with Crippen molar-refractivity contribution >= 4 is 21.7 Å². The van der Waals surface area contributed by atoms with Gasteiger partial charge >= 0.3 is 0 Å². The van der Waals surface area contributed by atoms with Gasteiger partial charge in [0, 0.05) is 17.2 Å². The van der Waals surface area contributed by atoms with Crippen LogP contribution in [0.25, 0.3) is 0 Å². The van der Waals surface area contributed by atoms with Gasteiger partial charge in [0.1, 0.15) is 5.82 Å². The summed E-state index contributed by atoms with van der Waals surface area (Å²) in [7, 11) is 0. The summed E-state index contributed by atoms with van der Waals surface area (Å²) in [5.41, 5.74) is 2.48. The van der Waals surface area contributed by atoms with E-state index in [2.05, 4.69) is 39.2 Å². The molecule has 1 N–H and O–H groups in total. The third-order valence-electron chi connectivity index (χ3n) is 3.26. The predicted octanol–water partition coefficient (Wildman–Crippen LogP) is 3.54. The van der Waals surface area contributed by atoms with Crippen LogP contribution in [0.15, 0.2) is 34.9 Å². The Balaban J connectivity index is 1.62. The van der Waals surface area contributed by atoms with E-state index in [9.17, 15) is 0 Å². The Morgan fingerprint density at radius 2 is 2.05 bits per heavy atom. The minimum Gasteiger partial charge on any atom is -0.454 e. The number of hydrogen-bond acceptors (Lipinski definition) is 4. The summed E-state index contributed by atoms with van der Waals surface area (Å²) in [6.45, 7) is 3.24. The first-order valence-corrected chi connectivity index (χ1v) is 7.26. The fourth-order valence-electron chi connectivity index (χ4n) is 2.16. The first-order chi connectivity index (χ1) is 9.72. The number of fused-ring (bicyclic) bond motifs is 1. The Bertz CT molecular complexity index is 614. The quantitative estimate of drug-likeness (QED) is 0.928. The molecule has 4 nitrogen and oxygen atoms in total. The van der Waals surface area contributed by atoms with E-state index in [1.165, 1.54) is 11.1 Å². The van der Waals surface area contributed by atoms with Crippen LogP contribution in [0, 0.1) is 6.92 Å². The van der Waals surface area contributed by atoms with E-state index in [-0.39, 0.29) is 0 Å². The lowest BCUT2D eigenvalue weighted by molar-refractivity contribution is 0.174. The van der Waals surface area contributed by atoms with Crippen LogP contribution in [0.5, 0.6) is 11.5 Å². The summed E-state index contributed by atoms with van der Waals surface area (Å²) >= 11 is 3.37. The number of pyridine rings is 1. The molecule has 0 aliphatic carbocycles. The molecule has 5 heteroatoms. The molecular formula is C15H15BrN2O2. The maximum atomic E-state index is 5.41. The van der Waals surface area contributed by atoms with E-state index < -0.39 is 0 Å². The molecule has 0 spiro atoms. The van der Waals surface area contributed by atoms with Gasteiger partial charge in [-0.1, -0.05) is 0 Å². The molecule has 0 radical (unpaired) electrons. The zero-order valence-electron chi connectivity index (χ0n) is 11.1. The number of anilines is 1. The Morgan fingerprint density at radius 3 is 2.80 bits per heavy atom. The molecule has 20 heavy (non-hydrogen) atoms. The molecule has 2 heterocycles. The lowest BCUT2D eigenvalue weighted by Gasteiger charge is -2.09. The summed E-state index contributed by atoms with van der Waals surface area (Å²) < 4.78 is 11.8. The second kappa shape index (κ2) is 5.71. The average Bonchev–Trinajstić information content (AvgIpc) is 2.88. The molecule has 1 aliphatic rings. The minimum absolute atomic E-state index is 0.319. The Hall–Kier alpha value is -1.75. The monoisotopic (exact) mass is 334 g/mol. The number of nitrogens with one attached hydrogen (secondary N) is 1. The third-order valence-corrected chi connectivity index (χ3v) is 3.73. The normalized spacial score (nSPS) is 12.5. The van der Waals surface area contributed by atoms with Crippen molar-refractivity contribution in [3.8, 4) is 11.5 Å². The van der Waals surface area contributed by atoms with Crippen LogP contribution in [0.2, 0.25) is 0 Å². The molecule has 2 aromatic rings. The van der Waals surface area contributed by atoms with Gasteiger partial charge in [-0.2, -0.15) is 0 Å². The standard InChI is InChI=1S/C15H15BrN2O2/c1-10-6-13-14(20-9-19-13)7-11(10)4-5-17-15-3-2-12(16)8-18-15/h2-3,6-8H,4-5,9H2,1H3,(H,17,18). The Kier molecular flexibility index (Phi) is 3.78. The second-order valence-corrected chi connectivity index (χ2v) is 5.59. The van der Waals surface area contributed by atoms with Crippen molar-refractivity contribution in [3.05, 3.63) is 46.1 Å². The van der Waals surface area contributed by atoms with Gasteiger partial charge in [-0.15, -0.1) is 0 Å². The molecule has 0 unspecified atom stereocenters. The van der Waals surface area contributed by atoms with E-state index in [1.807, 2.05) is 18.2 Å². The highest BCUT2D eigenvalue weighted by Gasteiger charge is 2.15. The van der Waals surface area contributed by atoms with Crippen molar-refractivity contribution in [1.29, 1.82) is 0 Å². The number of rotatable bonds is 4. The summed E-state index contributed by atoms with van der Waals surface area (Å²) in [6, 6.07) is 8.03. The van der Waals surface area contributed by atoms with E-state index in [0.29, 0.717) is 6.79 Å². The van der Waals surface area contributed by atoms with Crippen LogP contribution < -0.4 is 14.8 Å². The molecule has 0 atom stereocenters. The van der Waals surface area contributed by atoms with Gasteiger partial charge in [0.25, 0.3) is 0 Å². The Labute approximate surface area is 126 Å². The van der Waals surface area contributed by atoms with Gasteiger partial charge in [-0.25, -0.2) is 4.98 Å². The van der Waals surface area contributed by atoms with Crippen molar-refractivity contribution in [1.82, 2.24) is 4.98 Å². The van der Waals surface area contributed by atoms with Gasteiger partial charge in [0.05, 0.1) is 0 Å². The van der Waals surface area contributed by atoms with Gasteiger partial charge < -0.3 is 14.8 Å². The van der Waals surface area contributed by atoms with Crippen molar-refractivity contribution < 1.29 is 9.47 Å². The number of halogens is 1. The minimum atomic E-state index is 0.319. The first-order valence-electron chi connectivity index (χ1n) is 6.47. The maximum absolute atomic E-state index is 5.41. The molecule has 0 fully saturated rings. The van der Waals surface area contributed by atoms with E-state index in [0.717, 1.165) is 34.8 Å². The molecule has 3 rings (SSSR count). The van der Waals surface area contributed by atoms with E-state index in [4.69, 9.17) is 9.47 Å². The number of nitrogens with zero attached hydrogens (tertiary/aromatic N) is 1. The topological polar surface area (TPSA) is 43.4 Å². The molecule has 1 aromatic carbocycles. The largest absolute Gasteiger partial charge is 0.454 e. The Morgan fingerprint density at radius 1 is 1.25 bits per heavy atom. The lowest BCUT2D eigenvalue weighted by Crippen LogP contribution is -2.07. The van der Waals surface area contributed by atoms with Crippen LogP contribution in [0.1, 0.15) is 11.1 Å². The van der Waals surface area contributed by atoms with E-state index >= 15 is 0 Å². The first kappa shape index (κ1) is 13.2. The van der Waals surface area contributed by atoms with Crippen LogP contribution in [-0.4, -0.2) is 18.3 Å². The zero-order chi connectivity index (χ0) is 13.9. The number of hydrogen-bond donors (Lipinski definition) is 1. The SMILES string of the molecule is Cc1cc2c(cc1CCNc1ccc(Br)cn1)OCO2. The maximum Gasteiger partial charge on any atom is 0.231 e. The molecule has 0 bridgehead atoms. The molecular weight excluding hydrogens is 320 g/mol. The summed E-state index contributed by atoms with van der Waals surface area (Å²) in [4.78, 5) is 4.29. The van der Waals surface area contributed by atoms with Crippen LogP contribution in [0.3, 0.4) is 0 Å². The fraction of sp³-hybridized carbons (Fsp3) is 0.267. The fourth-order valence-corrected chi connectivity index (χ4v) is 2.40. The van der Waals surface area contributed by atoms with Crippen LogP contribution in [-0.2, 0) is 6.42 Å². The number of aromatic nitrogens is 1. The molecule has 104 valence electrons. The molecule has 1 aromatic heterocycles. The number of ether oxygens (including phenoxy) is 2. The molecule has 0 saturated heterocycles. The zero-order valence-corrected chi connectivity index (χ0v) is 12.7. The summed E-state index contributed by atoms with van der Waals surface area (Å²) in [6.07, 6.45) is 2.70. The highest BCUT2D eigenvalue weighted by Crippen LogP contribution is 2.34. The molecule has 0 amide bonds. The molecule has 1 aliphatic heterocycles. The second-order valence-electron chi connectivity index (χ2n) is 4.67. The number of aryl methyl sites for hydroxylation is 1. The summed E-state index contributed by atoms with van der Waals surface area (Å²) in [5, 5.41) is 3.31. The highest BCUT2D eigenvalue weighted by molar-refractivity contribution is 9.10. The van der Waals surface area contributed by atoms with Crippen LogP contribution >= 0.6 is 15.9 Å². The summed E-state index contributed by atoms with van der Waals surface area (Å²) in [5.74, 6) is 2.56. The van der Waals surface area contributed by atoms with Gasteiger partial charge in [0.15, 0.2) is 11.5 Å². The lowest BCUT2D eigenvalue weighted by atomic mass is 10.0. The number of benzene rings is 1. The van der Waals surface area contributed by atoms with Crippen molar-refractivity contribution in [2.45, 2.75) is 13.3 Å². The van der Waals surface area contributed by atoms with E-state index in [1.54, 1.807) is 6.20 Å². The van der Waals surface area contributed by atoms with Crippen LogP contribution in [0.4, 0.5) is 5.82 Å². The smallest absolute Gasteiger partial charge is 0.231 e. The van der Waals surface area contributed by atoms with Crippen molar-refractivity contribution in [2.24, 2.45) is 0 Å². The molecule has 0 saturated carbocycles. The average molecular weight is 335 g/mol. The van der Waals surface area contributed by atoms with Crippen molar-refractivity contribution in [2.75, 3.05) is 18.7 Å².